The Morgan fingerprint density at radius 3 is 2.53 bits per heavy atom. The Morgan fingerprint density at radius 2 is 1.79 bits per heavy atom. The van der Waals surface area contributed by atoms with E-state index in [1.54, 1.807) is 0 Å². The van der Waals surface area contributed by atoms with Crippen LogP contribution >= 0.6 is 0 Å². The number of nitrogens with one attached hydrogen (secondary N) is 4. The number of nitrogens with zero attached hydrogens (tertiary/aromatic N) is 6. The lowest BCUT2D eigenvalue weighted by molar-refractivity contribution is 0.772. The van der Waals surface area contributed by atoms with Gasteiger partial charge in [0.2, 0.25) is 29.8 Å². The van der Waals surface area contributed by atoms with E-state index >= 15 is 0 Å². The minimum Gasteiger partial charge on any atom is -0.294 e. The molecule has 0 spiro atoms. The molecule has 3 aliphatic heterocycles. The van der Waals surface area contributed by atoms with E-state index in [0.717, 1.165) is 0 Å². The molecule has 19 heavy (non-hydrogen) atoms. The van der Waals surface area contributed by atoms with Crippen molar-refractivity contribution in [1.29, 1.82) is 10.8 Å². The quantitative estimate of drug-likeness (QED) is 0.309. The Hall–Kier alpha value is -3.35. The topological polar surface area (TPSA) is 137 Å². The first kappa shape index (κ1) is 10.8. The normalized spacial score (nSPS) is 20.5. The van der Waals surface area contributed by atoms with Gasteiger partial charge in [0, 0.05) is 0 Å². The maximum atomic E-state index is 7.54. The van der Waals surface area contributed by atoms with Crippen molar-refractivity contribution in [3.05, 3.63) is 0 Å². The molecule has 0 aromatic heterocycles. The van der Waals surface area contributed by atoms with Gasteiger partial charge in [-0.15, -0.1) is 6.42 Å². The predicted octanol–water partition coefficient (Wildman–Crippen LogP) is -1.49. The minimum absolute atomic E-state index is 0.0826. The van der Waals surface area contributed by atoms with Crippen LogP contribution in [0.4, 0.5) is 0 Å². The third kappa shape index (κ3) is 1.75. The molecule has 0 unspecified atom stereocenters. The van der Waals surface area contributed by atoms with Gasteiger partial charge < -0.3 is 0 Å². The van der Waals surface area contributed by atoms with Crippen molar-refractivity contribution in [2.45, 2.75) is 0 Å². The van der Waals surface area contributed by atoms with Crippen LogP contribution < -0.4 is 10.6 Å². The molecule has 0 saturated carbocycles. The second-order valence-corrected chi connectivity index (χ2v) is 3.40. The van der Waals surface area contributed by atoms with Crippen LogP contribution in [0.1, 0.15) is 0 Å². The SMILES string of the molecule is C#C/C=N/C1=NC2=NC(=N)NC3=NC(=N)NC(=N1)N23. The lowest BCUT2D eigenvalue weighted by Gasteiger charge is -2.33. The van der Waals surface area contributed by atoms with Crippen LogP contribution in [-0.2, 0) is 0 Å². The molecule has 0 fully saturated rings. The summed E-state index contributed by atoms with van der Waals surface area (Å²) in [5.74, 6) is 2.74. The van der Waals surface area contributed by atoms with Crippen molar-refractivity contribution in [3.8, 4) is 12.3 Å². The van der Waals surface area contributed by atoms with Crippen LogP contribution in [0.5, 0.6) is 0 Å². The molecule has 0 aliphatic carbocycles. The maximum absolute atomic E-state index is 7.54. The van der Waals surface area contributed by atoms with Crippen LogP contribution in [0.2, 0.25) is 0 Å². The predicted molar refractivity (Wildman–Crippen MR) is 70.6 cm³/mol. The Morgan fingerprint density at radius 1 is 1.11 bits per heavy atom. The van der Waals surface area contributed by atoms with Gasteiger partial charge in [-0.3, -0.25) is 21.5 Å². The zero-order chi connectivity index (χ0) is 13.4. The van der Waals surface area contributed by atoms with Gasteiger partial charge in [-0.25, -0.2) is 9.89 Å². The van der Waals surface area contributed by atoms with Gasteiger partial charge in [-0.2, -0.15) is 20.0 Å². The fourth-order valence-corrected chi connectivity index (χ4v) is 1.52. The monoisotopic (exact) mass is 254 g/mol. The lowest BCUT2D eigenvalue weighted by atomic mass is 10.5. The number of rotatable bonds is 0. The molecule has 0 aromatic rings. The van der Waals surface area contributed by atoms with Gasteiger partial charge in [0.1, 0.15) is 0 Å². The van der Waals surface area contributed by atoms with E-state index in [1.165, 1.54) is 11.1 Å². The molecular formula is C9H6N10. The maximum Gasteiger partial charge on any atom is 0.256 e. The zero-order valence-electron chi connectivity index (χ0n) is 9.34. The van der Waals surface area contributed by atoms with E-state index in [1.807, 2.05) is 0 Å². The molecule has 4 N–H and O–H groups in total. The fourth-order valence-electron chi connectivity index (χ4n) is 1.52. The molecule has 0 bridgehead atoms. The summed E-state index contributed by atoms with van der Waals surface area (Å²) >= 11 is 0. The van der Waals surface area contributed by atoms with Crippen molar-refractivity contribution in [3.63, 3.8) is 0 Å². The Labute approximate surface area is 106 Å². The van der Waals surface area contributed by atoms with Crippen molar-refractivity contribution in [1.82, 2.24) is 15.5 Å². The molecule has 0 aromatic carbocycles. The smallest absolute Gasteiger partial charge is 0.256 e. The number of hydrogen-bond donors (Lipinski definition) is 4. The van der Waals surface area contributed by atoms with Gasteiger partial charge in [-0.05, 0) is 0 Å². The fraction of sp³-hybridized carbons (Fsp3) is 0. The second-order valence-electron chi connectivity index (χ2n) is 3.40. The van der Waals surface area contributed by atoms with Crippen molar-refractivity contribution in [2.75, 3.05) is 0 Å². The van der Waals surface area contributed by atoms with Crippen molar-refractivity contribution >= 4 is 42.0 Å². The highest BCUT2D eigenvalue weighted by Crippen LogP contribution is 2.11. The van der Waals surface area contributed by atoms with Gasteiger partial charge in [0.15, 0.2) is 0 Å². The van der Waals surface area contributed by atoms with Gasteiger partial charge in [0.05, 0.1) is 6.21 Å². The summed E-state index contributed by atoms with van der Waals surface area (Å²) in [6, 6.07) is 0. The molecule has 3 aliphatic rings. The molecule has 0 amide bonds. The third-order valence-electron chi connectivity index (χ3n) is 2.17. The van der Waals surface area contributed by atoms with Crippen LogP contribution in [0.3, 0.4) is 0 Å². The standard InChI is InChI=1S/C9H6N10/c1-2-3-12-6-17-8-15-4(10)13-7-14-5(11)16-9(18-6)19(7)8/h1,3H,(H4,10,11,13,14,15,16,17,18)/b12-3+. The zero-order valence-corrected chi connectivity index (χ0v) is 9.34. The summed E-state index contributed by atoms with van der Waals surface area (Å²) in [4.78, 5) is 21.2. The summed E-state index contributed by atoms with van der Waals surface area (Å²) in [5, 5.41) is 20.3. The molecule has 92 valence electrons. The molecule has 0 saturated heterocycles. The van der Waals surface area contributed by atoms with Crippen LogP contribution in [0.25, 0.3) is 0 Å². The Kier molecular flexibility index (Phi) is 2.18. The van der Waals surface area contributed by atoms with Gasteiger partial charge in [0.25, 0.3) is 5.96 Å². The van der Waals surface area contributed by atoms with E-state index in [4.69, 9.17) is 17.2 Å². The minimum atomic E-state index is -0.134. The lowest BCUT2D eigenvalue weighted by Crippen LogP contribution is -2.62. The highest BCUT2D eigenvalue weighted by molar-refractivity contribution is 6.31. The van der Waals surface area contributed by atoms with E-state index < -0.39 is 0 Å². The van der Waals surface area contributed by atoms with Crippen molar-refractivity contribution in [2.24, 2.45) is 25.0 Å². The highest BCUT2D eigenvalue weighted by atomic mass is 15.5. The largest absolute Gasteiger partial charge is 0.294 e. The molecule has 10 heteroatoms. The van der Waals surface area contributed by atoms with E-state index in [0.29, 0.717) is 0 Å². The van der Waals surface area contributed by atoms with Crippen LogP contribution in [0.15, 0.2) is 25.0 Å². The second kappa shape index (κ2) is 3.84. The molecular weight excluding hydrogens is 248 g/mol. The summed E-state index contributed by atoms with van der Waals surface area (Å²) in [5.41, 5.74) is 0. The van der Waals surface area contributed by atoms with Gasteiger partial charge >= 0.3 is 0 Å². The summed E-state index contributed by atoms with van der Waals surface area (Å²) in [7, 11) is 0. The van der Waals surface area contributed by atoms with E-state index in [-0.39, 0.29) is 35.8 Å². The van der Waals surface area contributed by atoms with Gasteiger partial charge in [-0.1, -0.05) is 5.92 Å². The Bertz CT molecular complexity index is 682. The third-order valence-corrected chi connectivity index (χ3v) is 2.17. The number of guanidine groups is 6. The summed E-state index contributed by atoms with van der Waals surface area (Å²) in [6.45, 7) is 0. The first-order valence-corrected chi connectivity index (χ1v) is 5.02. The van der Waals surface area contributed by atoms with Crippen LogP contribution in [-0.4, -0.2) is 46.9 Å². The van der Waals surface area contributed by atoms with E-state index in [9.17, 15) is 0 Å². The summed E-state index contributed by atoms with van der Waals surface area (Å²) in [6.07, 6.45) is 6.27. The first-order chi connectivity index (χ1) is 9.17. The molecule has 0 atom stereocenters. The van der Waals surface area contributed by atoms with Crippen molar-refractivity contribution < 1.29 is 0 Å². The molecule has 3 rings (SSSR count). The van der Waals surface area contributed by atoms with E-state index in [2.05, 4.69) is 41.5 Å². The highest BCUT2D eigenvalue weighted by Gasteiger charge is 2.35. The first-order valence-electron chi connectivity index (χ1n) is 5.02. The molecule has 0 radical (unpaired) electrons. The summed E-state index contributed by atoms with van der Waals surface area (Å²) < 4.78 is 0. The molecule has 10 nitrogen and oxygen atoms in total. The average molecular weight is 254 g/mol. The number of hydrogen-bond acceptors (Lipinski definition) is 6. The average Bonchev–Trinajstić information content (AvgIpc) is 2.34. The van der Waals surface area contributed by atoms with Crippen LogP contribution in [0, 0.1) is 23.2 Å². The number of aliphatic imine (C=N–C) groups is 5. The Balaban J connectivity index is 2.12. The molecule has 3 heterocycles. The number of terminal acetylenes is 1.